The van der Waals surface area contributed by atoms with Crippen LogP contribution in [0.15, 0.2) is 4.90 Å². The van der Waals surface area contributed by atoms with Crippen LogP contribution in [0.3, 0.4) is 0 Å². The topological polar surface area (TPSA) is 66.1 Å². The van der Waals surface area contributed by atoms with Gasteiger partial charge in [0.1, 0.15) is 4.90 Å². The minimum Gasteiger partial charge on any atom is -0.281 e. The molecule has 1 aliphatic rings. The molecule has 1 N–H and O–H groups in total. The zero-order chi connectivity index (χ0) is 14.2. The molecule has 1 aliphatic heterocycles. The minimum absolute atomic E-state index is 0.357. The first-order chi connectivity index (χ1) is 8.84. The number of aryl methyl sites for hydroxylation is 2. The lowest BCUT2D eigenvalue weighted by molar-refractivity contribution is 0.226. The van der Waals surface area contributed by atoms with Gasteiger partial charge >= 0.3 is 0 Å². The summed E-state index contributed by atoms with van der Waals surface area (Å²) in [6.07, 6.45) is 1.90. The fourth-order valence-corrected chi connectivity index (χ4v) is 4.63. The lowest BCUT2D eigenvalue weighted by Gasteiger charge is -2.33. The highest BCUT2D eigenvalue weighted by molar-refractivity contribution is 7.89. The summed E-state index contributed by atoms with van der Waals surface area (Å²) in [6, 6.07) is 0. The number of H-pyrrole nitrogens is 1. The quantitative estimate of drug-likeness (QED) is 0.924. The van der Waals surface area contributed by atoms with Gasteiger partial charge in [-0.05, 0) is 38.5 Å². The van der Waals surface area contributed by atoms with Crippen molar-refractivity contribution < 1.29 is 8.42 Å². The summed E-state index contributed by atoms with van der Waals surface area (Å²) in [5.41, 5.74) is 1.19. The van der Waals surface area contributed by atoms with Gasteiger partial charge in [0, 0.05) is 13.1 Å². The molecule has 5 nitrogen and oxygen atoms in total. The maximum atomic E-state index is 12.6. The zero-order valence-corrected chi connectivity index (χ0v) is 12.9. The summed E-state index contributed by atoms with van der Waals surface area (Å²) in [7, 11) is -3.39. The van der Waals surface area contributed by atoms with Crippen molar-refractivity contribution in [1.82, 2.24) is 14.5 Å². The van der Waals surface area contributed by atoms with Crippen molar-refractivity contribution >= 4 is 10.0 Å². The third-order valence-electron chi connectivity index (χ3n) is 4.10. The molecule has 19 heavy (non-hydrogen) atoms. The predicted octanol–water partition coefficient (Wildman–Crippen LogP) is 2.08. The summed E-state index contributed by atoms with van der Waals surface area (Å²) >= 11 is 0. The molecule has 0 aromatic carbocycles. The van der Waals surface area contributed by atoms with Gasteiger partial charge in [-0.25, -0.2) is 8.42 Å². The molecule has 0 radical (unpaired) electrons. The van der Waals surface area contributed by atoms with E-state index in [4.69, 9.17) is 0 Å². The predicted molar refractivity (Wildman–Crippen MR) is 74.4 cm³/mol. The third-order valence-corrected chi connectivity index (χ3v) is 6.26. The molecule has 2 rings (SSSR count). The number of hydrogen-bond acceptors (Lipinski definition) is 3. The van der Waals surface area contributed by atoms with Gasteiger partial charge in [0.15, 0.2) is 0 Å². The Morgan fingerprint density at radius 3 is 2.26 bits per heavy atom. The number of aromatic nitrogens is 2. The Labute approximate surface area is 115 Å². The molecule has 0 unspecified atom stereocenters. The van der Waals surface area contributed by atoms with Crippen LogP contribution in [0.25, 0.3) is 0 Å². The SMILES string of the molecule is Cc1n[nH]c(C)c1S(=O)(=O)N1CCC(C(C)C)CC1. The summed E-state index contributed by atoms with van der Waals surface area (Å²) in [5, 5.41) is 6.74. The highest BCUT2D eigenvalue weighted by Crippen LogP contribution is 2.29. The van der Waals surface area contributed by atoms with Crippen molar-refractivity contribution in [1.29, 1.82) is 0 Å². The molecular formula is C13H23N3O2S. The van der Waals surface area contributed by atoms with E-state index in [-0.39, 0.29) is 0 Å². The van der Waals surface area contributed by atoms with E-state index in [1.807, 2.05) is 0 Å². The fourth-order valence-electron chi connectivity index (χ4n) is 2.83. The van der Waals surface area contributed by atoms with Gasteiger partial charge in [-0.1, -0.05) is 13.8 Å². The van der Waals surface area contributed by atoms with Crippen LogP contribution >= 0.6 is 0 Å². The van der Waals surface area contributed by atoms with Crippen molar-refractivity contribution in [3.63, 3.8) is 0 Å². The van der Waals surface area contributed by atoms with E-state index < -0.39 is 10.0 Å². The molecule has 0 saturated carbocycles. The number of piperidine rings is 1. The van der Waals surface area contributed by atoms with E-state index in [2.05, 4.69) is 24.0 Å². The molecule has 108 valence electrons. The molecule has 1 fully saturated rings. The smallest absolute Gasteiger partial charge is 0.246 e. The molecule has 2 heterocycles. The third kappa shape index (κ3) is 2.69. The van der Waals surface area contributed by atoms with E-state index in [0.717, 1.165) is 12.8 Å². The molecule has 6 heteroatoms. The highest BCUT2D eigenvalue weighted by Gasteiger charge is 2.33. The Balaban J connectivity index is 2.19. The molecule has 0 aliphatic carbocycles. The summed E-state index contributed by atoms with van der Waals surface area (Å²) < 4.78 is 26.9. The standard InChI is InChI=1S/C13H23N3O2S/c1-9(2)12-5-7-16(8-6-12)19(17,18)13-10(3)14-15-11(13)4/h9,12H,5-8H2,1-4H3,(H,14,15). The van der Waals surface area contributed by atoms with Gasteiger partial charge in [0.05, 0.1) is 11.4 Å². The zero-order valence-electron chi connectivity index (χ0n) is 12.1. The van der Waals surface area contributed by atoms with Gasteiger partial charge in [0.2, 0.25) is 10.0 Å². The fraction of sp³-hybridized carbons (Fsp3) is 0.769. The first-order valence-corrected chi connectivity index (χ1v) is 8.29. The Morgan fingerprint density at radius 1 is 1.26 bits per heavy atom. The summed E-state index contributed by atoms with van der Waals surface area (Å²) in [6.45, 7) is 9.15. The van der Waals surface area contributed by atoms with Crippen molar-refractivity contribution in [2.24, 2.45) is 11.8 Å². The molecule has 1 aromatic heterocycles. The van der Waals surface area contributed by atoms with Gasteiger partial charge < -0.3 is 0 Å². The van der Waals surface area contributed by atoms with Gasteiger partial charge in [-0.3, -0.25) is 5.10 Å². The molecule has 0 bridgehead atoms. The van der Waals surface area contributed by atoms with E-state index >= 15 is 0 Å². The van der Waals surface area contributed by atoms with Crippen molar-refractivity contribution in [3.05, 3.63) is 11.4 Å². The molecular weight excluding hydrogens is 262 g/mol. The molecule has 0 spiro atoms. The van der Waals surface area contributed by atoms with Crippen molar-refractivity contribution in [2.75, 3.05) is 13.1 Å². The molecule has 0 amide bonds. The first-order valence-electron chi connectivity index (χ1n) is 6.85. The second-order valence-corrected chi connectivity index (χ2v) is 7.62. The van der Waals surface area contributed by atoms with Crippen LogP contribution < -0.4 is 0 Å². The Morgan fingerprint density at radius 2 is 1.84 bits per heavy atom. The molecule has 0 atom stereocenters. The maximum Gasteiger partial charge on any atom is 0.246 e. The highest BCUT2D eigenvalue weighted by atomic mass is 32.2. The van der Waals surface area contributed by atoms with E-state index in [0.29, 0.717) is 41.2 Å². The molecule has 1 saturated heterocycles. The first kappa shape index (κ1) is 14.5. The minimum atomic E-state index is -3.39. The average Bonchev–Trinajstić information content (AvgIpc) is 2.69. The van der Waals surface area contributed by atoms with Crippen LogP contribution in [0.5, 0.6) is 0 Å². The number of sulfonamides is 1. The number of rotatable bonds is 3. The van der Waals surface area contributed by atoms with Crippen LogP contribution in [-0.2, 0) is 10.0 Å². The van der Waals surface area contributed by atoms with Gasteiger partial charge in [-0.15, -0.1) is 0 Å². The monoisotopic (exact) mass is 285 g/mol. The van der Waals surface area contributed by atoms with Crippen LogP contribution in [0.4, 0.5) is 0 Å². The Bertz CT molecular complexity index is 521. The summed E-state index contributed by atoms with van der Waals surface area (Å²) in [5.74, 6) is 1.26. The van der Waals surface area contributed by atoms with Gasteiger partial charge in [0.25, 0.3) is 0 Å². The van der Waals surface area contributed by atoms with E-state index in [1.165, 1.54) is 0 Å². The second-order valence-electron chi connectivity index (χ2n) is 5.75. The van der Waals surface area contributed by atoms with Crippen LogP contribution in [0, 0.1) is 25.7 Å². The number of nitrogens with zero attached hydrogens (tertiary/aromatic N) is 2. The number of aromatic amines is 1. The normalized spacial score (nSPS) is 19.2. The second kappa shape index (κ2) is 5.25. The Hall–Kier alpha value is -0.880. The molecule has 1 aromatic rings. The van der Waals surface area contributed by atoms with Crippen molar-refractivity contribution in [2.45, 2.75) is 45.4 Å². The number of hydrogen-bond donors (Lipinski definition) is 1. The van der Waals surface area contributed by atoms with Crippen LogP contribution in [0.1, 0.15) is 38.1 Å². The largest absolute Gasteiger partial charge is 0.281 e. The summed E-state index contributed by atoms with van der Waals surface area (Å²) in [4.78, 5) is 0.357. The van der Waals surface area contributed by atoms with Crippen LogP contribution in [-0.4, -0.2) is 36.0 Å². The van der Waals surface area contributed by atoms with E-state index in [9.17, 15) is 8.42 Å². The Kier molecular flexibility index (Phi) is 4.01. The van der Waals surface area contributed by atoms with E-state index in [1.54, 1.807) is 18.2 Å². The van der Waals surface area contributed by atoms with Crippen LogP contribution in [0.2, 0.25) is 0 Å². The lowest BCUT2D eigenvalue weighted by atomic mass is 9.87. The van der Waals surface area contributed by atoms with Crippen molar-refractivity contribution in [3.8, 4) is 0 Å². The average molecular weight is 285 g/mol. The van der Waals surface area contributed by atoms with Gasteiger partial charge in [-0.2, -0.15) is 9.40 Å². The maximum absolute atomic E-state index is 12.6. The lowest BCUT2D eigenvalue weighted by Crippen LogP contribution is -2.39. The number of nitrogens with one attached hydrogen (secondary N) is 1.